The molecule has 3 rings (SSSR count). The van der Waals surface area contributed by atoms with Gasteiger partial charge in [-0.25, -0.2) is 21.5 Å². The van der Waals surface area contributed by atoms with Gasteiger partial charge in [-0.05, 0) is 39.2 Å². The summed E-state index contributed by atoms with van der Waals surface area (Å²) in [4.78, 5) is 14.6. The molecule has 0 radical (unpaired) electrons. The van der Waals surface area contributed by atoms with E-state index in [-0.39, 0.29) is 24.6 Å². The summed E-state index contributed by atoms with van der Waals surface area (Å²) in [7, 11) is -3.41. The maximum Gasteiger partial charge on any atom is 0.230 e. The molecule has 0 aromatic heterocycles. The number of likely N-dealkylation sites (tertiary alicyclic amines) is 1. The van der Waals surface area contributed by atoms with Crippen LogP contribution >= 0.6 is 0 Å². The van der Waals surface area contributed by atoms with Crippen LogP contribution in [-0.2, 0) is 21.4 Å². The van der Waals surface area contributed by atoms with Crippen molar-refractivity contribution < 1.29 is 22.0 Å². The first kappa shape index (κ1) is 19.2. The third-order valence-corrected chi connectivity index (χ3v) is 7.71. The quantitative estimate of drug-likeness (QED) is 0.799. The van der Waals surface area contributed by atoms with Gasteiger partial charge in [-0.3, -0.25) is 4.79 Å². The van der Waals surface area contributed by atoms with Crippen LogP contribution in [0.4, 0.5) is 8.78 Å². The highest BCUT2D eigenvalue weighted by Crippen LogP contribution is 2.41. The number of carbonyl (C=O) groups excluding carboxylic acids is 1. The van der Waals surface area contributed by atoms with Crippen LogP contribution in [0.3, 0.4) is 0 Å². The van der Waals surface area contributed by atoms with E-state index in [1.807, 2.05) is 0 Å². The first-order valence-corrected chi connectivity index (χ1v) is 10.4. The van der Waals surface area contributed by atoms with E-state index in [9.17, 15) is 22.0 Å². The number of amides is 1. The predicted molar refractivity (Wildman–Crippen MR) is 93.7 cm³/mol. The van der Waals surface area contributed by atoms with Gasteiger partial charge in [0, 0.05) is 31.7 Å². The summed E-state index contributed by atoms with van der Waals surface area (Å²) in [5.41, 5.74) is -0.607. The second-order valence-corrected chi connectivity index (χ2v) is 9.99. The van der Waals surface area contributed by atoms with Gasteiger partial charge in [0.05, 0.1) is 10.7 Å². The predicted octanol–water partition coefficient (Wildman–Crippen LogP) is 2.52. The van der Waals surface area contributed by atoms with Crippen molar-refractivity contribution in [1.82, 2.24) is 9.21 Å². The van der Waals surface area contributed by atoms with Crippen LogP contribution in [-0.4, -0.2) is 48.4 Å². The Morgan fingerprint density at radius 3 is 2.62 bits per heavy atom. The molecular formula is C18H24F2N2O3S. The third kappa shape index (κ3) is 3.24. The van der Waals surface area contributed by atoms with E-state index >= 15 is 0 Å². The Labute approximate surface area is 153 Å². The van der Waals surface area contributed by atoms with Gasteiger partial charge in [-0.15, -0.1) is 0 Å². The number of hydrogen-bond acceptors (Lipinski definition) is 3. The topological polar surface area (TPSA) is 57.7 Å². The van der Waals surface area contributed by atoms with Gasteiger partial charge in [0.2, 0.25) is 15.9 Å². The molecule has 5 nitrogen and oxygen atoms in total. The Hall–Kier alpha value is -1.54. The molecule has 8 heteroatoms. The molecular weight excluding hydrogens is 362 g/mol. The highest BCUT2D eigenvalue weighted by molar-refractivity contribution is 7.89. The van der Waals surface area contributed by atoms with Crippen LogP contribution in [0.15, 0.2) is 18.2 Å². The molecule has 2 saturated heterocycles. The van der Waals surface area contributed by atoms with Crippen LogP contribution < -0.4 is 0 Å². The van der Waals surface area contributed by atoms with Crippen molar-refractivity contribution in [2.45, 2.75) is 44.9 Å². The van der Waals surface area contributed by atoms with E-state index in [0.29, 0.717) is 25.9 Å². The lowest BCUT2D eigenvalue weighted by Crippen LogP contribution is -2.50. The maximum atomic E-state index is 14.0. The number of halogens is 2. The van der Waals surface area contributed by atoms with Crippen molar-refractivity contribution in [3.05, 3.63) is 35.4 Å². The number of carbonyl (C=O) groups is 1. The second-order valence-electron chi connectivity index (χ2n) is 7.50. The van der Waals surface area contributed by atoms with Crippen molar-refractivity contribution in [2.75, 3.05) is 19.6 Å². The van der Waals surface area contributed by atoms with Crippen molar-refractivity contribution in [3.63, 3.8) is 0 Å². The molecule has 2 aliphatic rings. The maximum absolute atomic E-state index is 14.0. The largest absolute Gasteiger partial charge is 0.338 e. The van der Waals surface area contributed by atoms with E-state index in [0.717, 1.165) is 12.5 Å². The van der Waals surface area contributed by atoms with Gasteiger partial charge < -0.3 is 4.90 Å². The van der Waals surface area contributed by atoms with Crippen molar-refractivity contribution in [1.29, 1.82) is 0 Å². The van der Waals surface area contributed by atoms with Crippen molar-refractivity contribution in [2.24, 2.45) is 5.41 Å². The summed E-state index contributed by atoms with van der Waals surface area (Å²) in [6, 6.07) is 3.94. The average molecular weight is 386 g/mol. The number of benzene rings is 1. The zero-order chi connectivity index (χ0) is 19.1. The van der Waals surface area contributed by atoms with Crippen LogP contribution in [0.25, 0.3) is 0 Å². The normalized spacial score (nSPS) is 24.8. The highest BCUT2D eigenvalue weighted by Gasteiger charge is 2.51. The molecule has 0 saturated carbocycles. The summed E-state index contributed by atoms with van der Waals surface area (Å²) in [5.74, 6) is -2.03. The monoisotopic (exact) mass is 386 g/mol. The molecule has 1 atom stereocenters. The average Bonchev–Trinajstić information content (AvgIpc) is 3.02. The molecule has 144 valence electrons. The van der Waals surface area contributed by atoms with Gasteiger partial charge in [0.1, 0.15) is 0 Å². The first-order valence-electron chi connectivity index (χ1n) is 8.89. The van der Waals surface area contributed by atoms with E-state index in [1.54, 1.807) is 13.8 Å². The fourth-order valence-electron chi connectivity index (χ4n) is 3.91. The Morgan fingerprint density at radius 1 is 1.19 bits per heavy atom. The second kappa shape index (κ2) is 6.88. The molecule has 0 bridgehead atoms. The molecule has 2 aliphatic heterocycles. The number of rotatable bonds is 4. The number of piperidine rings is 1. The zero-order valence-electron chi connectivity index (χ0n) is 15.0. The molecule has 0 unspecified atom stereocenters. The molecule has 1 aromatic carbocycles. The minimum atomic E-state index is -3.41. The summed E-state index contributed by atoms with van der Waals surface area (Å²) in [6.45, 7) is 4.22. The number of sulfonamides is 1. The van der Waals surface area contributed by atoms with Gasteiger partial charge in [-0.1, -0.05) is 12.1 Å². The molecule has 1 amide bonds. The lowest BCUT2D eigenvalue weighted by atomic mass is 9.78. The van der Waals surface area contributed by atoms with Crippen molar-refractivity contribution >= 4 is 15.9 Å². The summed E-state index contributed by atoms with van der Waals surface area (Å²) in [6.07, 6.45) is 1.82. The SMILES string of the molecule is CC(C)S(=O)(=O)N1CC[C@]2(CCCN(Cc3cccc(F)c3F)C2=O)C1. The fraction of sp³-hybridized carbons (Fsp3) is 0.611. The van der Waals surface area contributed by atoms with Crippen molar-refractivity contribution in [3.8, 4) is 0 Å². The van der Waals surface area contributed by atoms with E-state index in [1.165, 1.54) is 21.3 Å². The fourth-order valence-corrected chi connectivity index (χ4v) is 5.28. The summed E-state index contributed by atoms with van der Waals surface area (Å²) in [5, 5.41) is -0.533. The molecule has 0 N–H and O–H groups in total. The molecule has 0 aliphatic carbocycles. The lowest BCUT2D eigenvalue weighted by Gasteiger charge is -2.39. The van der Waals surface area contributed by atoms with Gasteiger partial charge in [0.15, 0.2) is 11.6 Å². The minimum Gasteiger partial charge on any atom is -0.338 e. The highest BCUT2D eigenvalue weighted by atomic mass is 32.2. The number of nitrogens with zero attached hydrogens (tertiary/aromatic N) is 2. The zero-order valence-corrected chi connectivity index (χ0v) is 15.9. The lowest BCUT2D eigenvalue weighted by molar-refractivity contribution is -0.146. The van der Waals surface area contributed by atoms with Crippen LogP contribution in [0.5, 0.6) is 0 Å². The molecule has 1 aromatic rings. The molecule has 1 spiro atoms. The van der Waals surface area contributed by atoms with Gasteiger partial charge >= 0.3 is 0 Å². The van der Waals surface area contributed by atoms with E-state index in [4.69, 9.17) is 0 Å². The Bertz CT molecular complexity index is 813. The Morgan fingerprint density at radius 2 is 1.92 bits per heavy atom. The van der Waals surface area contributed by atoms with Gasteiger partial charge in [-0.2, -0.15) is 0 Å². The first-order chi connectivity index (χ1) is 12.2. The Kier molecular flexibility index (Phi) is 5.09. The van der Waals surface area contributed by atoms with E-state index < -0.39 is 32.3 Å². The molecule has 2 heterocycles. The summed E-state index contributed by atoms with van der Waals surface area (Å²) < 4.78 is 53.7. The number of hydrogen-bond donors (Lipinski definition) is 0. The smallest absolute Gasteiger partial charge is 0.230 e. The van der Waals surface area contributed by atoms with Crippen LogP contribution in [0.1, 0.15) is 38.7 Å². The standard InChI is InChI=1S/C18H24F2N2O3S/c1-13(2)26(24,25)22-10-8-18(12-22)7-4-9-21(17(18)23)11-14-5-3-6-15(19)16(14)20/h3,5-6,13H,4,7-12H2,1-2H3/t18-/m1/s1. The Balaban J connectivity index is 1.79. The van der Waals surface area contributed by atoms with E-state index in [2.05, 4.69) is 0 Å². The van der Waals surface area contributed by atoms with Gasteiger partial charge in [0.25, 0.3) is 0 Å². The van der Waals surface area contributed by atoms with Crippen LogP contribution in [0.2, 0.25) is 0 Å². The third-order valence-electron chi connectivity index (χ3n) is 5.49. The molecule has 2 fully saturated rings. The van der Waals surface area contributed by atoms with Crippen LogP contribution in [0, 0.1) is 17.0 Å². The minimum absolute atomic E-state index is 0.00110. The summed E-state index contributed by atoms with van der Waals surface area (Å²) >= 11 is 0. The molecule has 26 heavy (non-hydrogen) atoms.